The SMILES string of the molecule is Cc1cc(-c2c[nH]c3ncccc23)cc2c(-c3ccccc3)ccnc12.c1cnc2[nH]cc(-c3ccc4ncc(NCc5ccoc5)cc4c3)c2c1. The lowest BCUT2D eigenvalue weighted by Gasteiger charge is -2.11. The van der Waals surface area contributed by atoms with Crippen LogP contribution in [0.25, 0.3) is 77.3 Å². The van der Waals surface area contributed by atoms with Gasteiger partial charge >= 0.3 is 0 Å². The van der Waals surface area contributed by atoms with Gasteiger partial charge in [-0.05, 0) is 101 Å². The van der Waals surface area contributed by atoms with Crippen LogP contribution in [0.2, 0.25) is 0 Å². The van der Waals surface area contributed by atoms with Crippen molar-refractivity contribution in [2.45, 2.75) is 13.5 Å². The number of rotatable bonds is 6. The first-order chi connectivity index (χ1) is 25.7. The maximum Gasteiger partial charge on any atom is 0.137 e. The molecular weight excluding hydrogens is 643 g/mol. The van der Waals surface area contributed by atoms with E-state index < -0.39 is 0 Å². The van der Waals surface area contributed by atoms with Crippen molar-refractivity contribution in [3.8, 4) is 33.4 Å². The highest BCUT2D eigenvalue weighted by molar-refractivity contribution is 6.02. The summed E-state index contributed by atoms with van der Waals surface area (Å²) in [4.78, 5) is 24.5. The summed E-state index contributed by atoms with van der Waals surface area (Å²) in [5.41, 5.74) is 14.1. The maximum absolute atomic E-state index is 5.10. The van der Waals surface area contributed by atoms with Gasteiger partial charge in [0.1, 0.15) is 11.3 Å². The van der Waals surface area contributed by atoms with E-state index >= 15 is 0 Å². The molecule has 0 atom stereocenters. The fourth-order valence-corrected chi connectivity index (χ4v) is 6.84. The van der Waals surface area contributed by atoms with Gasteiger partial charge in [-0.15, -0.1) is 0 Å². The standard InChI is InChI=1S/C23H17N3.C21H16N4O/c1-15-12-17(21-14-26-23-19(21)8-5-10-25-23)13-20-18(9-11-24-22(15)20)16-6-3-2-4-7-16;1-2-18-19(12-25-21(18)22-6-1)15-3-4-20-16(8-15)9-17(11-24-20)23-10-14-5-7-26-13-14/h2-14H,1H3,(H,25,26);1-9,11-13,23H,10H2,(H,22,25). The number of H-pyrrole nitrogens is 2. The molecule has 52 heavy (non-hydrogen) atoms. The average Bonchev–Trinajstić information content (AvgIpc) is 3.98. The van der Waals surface area contributed by atoms with Crippen molar-refractivity contribution in [3.63, 3.8) is 0 Å². The van der Waals surface area contributed by atoms with Gasteiger partial charge < -0.3 is 19.7 Å². The predicted octanol–water partition coefficient (Wildman–Crippen LogP) is 10.7. The molecule has 3 N–H and O–H groups in total. The summed E-state index contributed by atoms with van der Waals surface area (Å²) in [6.45, 7) is 2.83. The third kappa shape index (κ3) is 5.92. The number of pyridine rings is 4. The molecule has 0 aliphatic rings. The van der Waals surface area contributed by atoms with Crippen molar-refractivity contribution in [1.82, 2.24) is 29.9 Å². The van der Waals surface area contributed by atoms with Gasteiger partial charge in [-0.25, -0.2) is 9.97 Å². The van der Waals surface area contributed by atoms with Gasteiger partial charge in [0.05, 0.1) is 35.4 Å². The van der Waals surface area contributed by atoms with Crippen molar-refractivity contribution in [2.24, 2.45) is 0 Å². The third-order valence-corrected chi connectivity index (χ3v) is 9.40. The van der Waals surface area contributed by atoms with Crippen LogP contribution < -0.4 is 5.32 Å². The smallest absolute Gasteiger partial charge is 0.137 e. The molecule has 7 heterocycles. The Hall–Kier alpha value is -7.06. The van der Waals surface area contributed by atoms with Crippen LogP contribution >= 0.6 is 0 Å². The van der Waals surface area contributed by atoms with Crippen molar-refractivity contribution >= 4 is 49.6 Å². The lowest BCUT2D eigenvalue weighted by atomic mass is 9.95. The average molecular weight is 676 g/mol. The summed E-state index contributed by atoms with van der Waals surface area (Å²) >= 11 is 0. The van der Waals surface area contributed by atoms with E-state index in [4.69, 9.17) is 4.42 Å². The summed E-state index contributed by atoms with van der Waals surface area (Å²) in [5, 5.41) is 7.91. The first-order valence-corrected chi connectivity index (χ1v) is 17.1. The lowest BCUT2D eigenvalue weighted by Crippen LogP contribution is -1.98. The molecule has 0 amide bonds. The second-order valence-corrected chi connectivity index (χ2v) is 12.7. The van der Waals surface area contributed by atoms with E-state index in [9.17, 15) is 0 Å². The van der Waals surface area contributed by atoms with Gasteiger partial charge in [-0.3, -0.25) is 9.97 Å². The van der Waals surface area contributed by atoms with Crippen molar-refractivity contribution in [1.29, 1.82) is 0 Å². The zero-order chi connectivity index (χ0) is 34.9. The lowest BCUT2D eigenvalue weighted by molar-refractivity contribution is 0.564. The Balaban J connectivity index is 0.000000138. The van der Waals surface area contributed by atoms with Gasteiger partial charge in [0.2, 0.25) is 0 Å². The molecule has 3 aromatic carbocycles. The Morgan fingerprint density at radius 1 is 0.615 bits per heavy atom. The highest BCUT2D eigenvalue weighted by Gasteiger charge is 2.13. The van der Waals surface area contributed by atoms with Gasteiger partial charge in [0, 0.05) is 75.8 Å². The van der Waals surface area contributed by atoms with E-state index in [0.717, 1.165) is 60.9 Å². The Labute approximate surface area is 299 Å². The second kappa shape index (κ2) is 13.3. The Kier molecular flexibility index (Phi) is 7.94. The van der Waals surface area contributed by atoms with Crippen LogP contribution in [0, 0.1) is 6.92 Å². The van der Waals surface area contributed by atoms with E-state index in [1.807, 2.05) is 55.2 Å². The maximum atomic E-state index is 5.10. The van der Waals surface area contributed by atoms with E-state index in [1.165, 1.54) is 33.2 Å². The summed E-state index contributed by atoms with van der Waals surface area (Å²) in [5.74, 6) is 0. The summed E-state index contributed by atoms with van der Waals surface area (Å²) in [7, 11) is 0. The molecule has 10 aromatic rings. The Morgan fingerprint density at radius 3 is 2.13 bits per heavy atom. The minimum atomic E-state index is 0.706. The molecule has 0 saturated carbocycles. The van der Waals surface area contributed by atoms with E-state index in [2.05, 4.69) is 121 Å². The molecule has 8 heteroatoms. The molecule has 250 valence electrons. The first-order valence-electron chi connectivity index (χ1n) is 17.1. The van der Waals surface area contributed by atoms with E-state index in [1.54, 1.807) is 18.7 Å². The van der Waals surface area contributed by atoms with E-state index in [-0.39, 0.29) is 0 Å². The number of aromatic amines is 2. The van der Waals surface area contributed by atoms with Crippen molar-refractivity contribution in [2.75, 3.05) is 5.32 Å². The number of benzene rings is 3. The molecule has 0 radical (unpaired) electrons. The molecule has 7 aromatic heterocycles. The molecule has 0 spiro atoms. The van der Waals surface area contributed by atoms with Gasteiger partial charge in [-0.1, -0.05) is 36.4 Å². The Morgan fingerprint density at radius 2 is 1.38 bits per heavy atom. The number of anilines is 1. The summed E-state index contributed by atoms with van der Waals surface area (Å²) in [6.07, 6.45) is 14.8. The molecule has 0 aliphatic heterocycles. The molecule has 0 fully saturated rings. The normalized spacial score (nSPS) is 11.2. The van der Waals surface area contributed by atoms with Crippen molar-refractivity contribution in [3.05, 3.63) is 164 Å². The van der Waals surface area contributed by atoms with Crippen molar-refractivity contribution < 1.29 is 4.42 Å². The number of nitrogens with zero attached hydrogens (tertiary/aromatic N) is 4. The highest BCUT2D eigenvalue weighted by Crippen LogP contribution is 2.35. The molecule has 10 rings (SSSR count). The molecule has 0 saturated heterocycles. The largest absolute Gasteiger partial charge is 0.472 e. The number of nitrogens with one attached hydrogen (secondary N) is 3. The number of aromatic nitrogens is 6. The van der Waals surface area contributed by atoms with Crippen LogP contribution in [0.1, 0.15) is 11.1 Å². The quantitative estimate of drug-likeness (QED) is 0.162. The Bertz CT molecular complexity index is 2820. The zero-order valence-corrected chi connectivity index (χ0v) is 28.3. The van der Waals surface area contributed by atoms with Crippen LogP contribution in [-0.4, -0.2) is 29.9 Å². The van der Waals surface area contributed by atoms with Gasteiger partial charge in [-0.2, -0.15) is 0 Å². The topological polar surface area (TPSA) is 108 Å². The highest BCUT2D eigenvalue weighted by atomic mass is 16.3. The minimum absolute atomic E-state index is 0.706. The molecule has 0 unspecified atom stereocenters. The summed E-state index contributed by atoms with van der Waals surface area (Å²) in [6, 6.07) is 35.5. The van der Waals surface area contributed by atoms with Crippen LogP contribution in [0.5, 0.6) is 0 Å². The molecule has 0 aliphatic carbocycles. The zero-order valence-electron chi connectivity index (χ0n) is 28.3. The number of hydrogen-bond acceptors (Lipinski definition) is 6. The third-order valence-electron chi connectivity index (χ3n) is 9.40. The first kappa shape index (κ1) is 31.0. The monoisotopic (exact) mass is 675 g/mol. The number of furan rings is 1. The fourth-order valence-electron chi connectivity index (χ4n) is 6.84. The summed E-state index contributed by atoms with van der Waals surface area (Å²) < 4.78 is 5.10. The number of hydrogen-bond donors (Lipinski definition) is 3. The van der Waals surface area contributed by atoms with E-state index in [0.29, 0.717) is 6.54 Å². The number of fused-ring (bicyclic) bond motifs is 4. The van der Waals surface area contributed by atoms with Crippen LogP contribution in [0.15, 0.2) is 157 Å². The molecule has 8 nitrogen and oxygen atoms in total. The molecule has 0 bridgehead atoms. The second-order valence-electron chi connectivity index (χ2n) is 12.7. The fraction of sp³-hybridized carbons (Fsp3) is 0.0455. The number of aryl methyl sites for hydroxylation is 1. The minimum Gasteiger partial charge on any atom is -0.472 e. The van der Waals surface area contributed by atoms with Gasteiger partial charge in [0.25, 0.3) is 0 Å². The van der Waals surface area contributed by atoms with Crippen LogP contribution in [0.3, 0.4) is 0 Å². The van der Waals surface area contributed by atoms with Crippen LogP contribution in [-0.2, 0) is 6.54 Å². The van der Waals surface area contributed by atoms with Crippen LogP contribution in [0.4, 0.5) is 5.69 Å². The molecular formula is C44H33N7O. The van der Waals surface area contributed by atoms with Gasteiger partial charge in [0.15, 0.2) is 0 Å². The predicted molar refractivity (Wildman–Crippen MR) is 210 cm³/mol.